The van der Waals surface area contributed by atoms with Crippen LogP contribution in [0.3, 0.4) is 0 Å². The monoisotopic (exact) mass is 107 g/mol. The first-order valence-corrected chi connectivity index (χ1v) is 6.29. The van der Waals surface area contributed by atoms with Crippen LogP contribution in [0.2, 0.25) is 15.2 Å². The topological polar surface area (TPSA) is 0 Å². The predicted octanol–water partition coefficient (Wildman–Crippen LogP) is 2.14. The normalized spacial score (nSPS) is 7.80. The van der Waals surface area contributed by atoms with E-state index in [2.05, 4.69) is 17.4 Å². The van der Waals surface area contributed by atoms with Gasteiger partial charge in [0.25, 0.3) is 0 Å². The summed E-state index contributed by atoms with van der Waals surface area (Å²) in [4.78, 5) is 0. The van der Waals surface area contributed by atoms with Gasteiger partial charge in [-0.25, -0.2) is 0 Å². The van der Waals surface area contributed by atoms with Crippen molar-refractivity contribution in [3.8, 4) is 0 Å². The zero-order valence-electron chi connectivity index (χ0n) is 4.21. The summed E-state index contributed by atoms with van der Waals surface area (Å²) < 4.78 is 1.47. The molecular weight excluding hydrogens is 95.9 g/mol. The molecule has 0 saturated carbocycles. The zero-order chi connectivity index (χ0) is 4.28. The average Bonchev–Trinajstić information content (AvgIpc) is 1.38. The molecule has 0 heterocycles. The van der Waals surface area contributed by atoms with Gasteiger partial charge in [-0.1, -0.05) is 0 Å². The van der Waals surface area contributed by atoms with Gasteiger partial charge in [0.05, 0.1) is 0 Å². The van der Waals surface area contributed by atoms with E-state index in [0.29, 0.717) is 0 Å². The van der Waals surface area contributed by atoms with Gasteiger partial charge in [0.2, 0.25) is 0 Å². The van der Waals surface area contributed by atoms with Crippen molar-refractivity contribution in [2.75, 3.05) is 0 Å². The van der Waals surface area contributed by atoms with Crippen molar-refractivity contribution < 1.29 is 17.9 Å². The molecule has 0 aromatic rings. The minimum absolute atomic E-state index is 0.356. The summed E-state index contributed by atoms with van der Waals surface area (Å²) in [5, 5.41) is 4.78. The van der Waals surface area contributed by atoms with Crippen LogP contribution < -0.4 is 0 Å². The van der Waals surface area contributed by atoms with E-state index in [0.717, 1.165) is 0 Å². The molecule has 0 spiro atoms. The van der Waals surface area contributed by atoms with Crippen LogP contribution in [0.4, 0.5) is 0 Å². The molecule has 0 aliphatic carbocycles. The molecule has 0 rings (SSSR count). The summed E-state index contributed by atoms with van der Waals surface area (Å²) in [6.07, 6.45) is 0. The van der Waals surface area contributed by atoms with Crippen LogP contribution in [0.15, 0.2) is 0 Å². The van der Waals surface area contributed by atoms with Crippen molar-refractivity contribution in [3.63, 3.8) is 0 Å². The van der Waals surface area contributed by atoms with Crippen LogP contribution in [0, 0.1) is 0 Å². The predicted molar refractivity (Wildman–Crippen MR) is 22.2 cm³/mol. The van der Waals surface area contributed by atoms with Crippen molar-refractivity contribution in [1.29, 1.82) is 0 Å². The molecule has 0 bridgehead atoms. The molecule has 5 heavy (non-hydrogen) atoms. The Kier molecular flexibility index (Phi) is 3.34. The molecule has 31 valence electrons. The SMILES string of the molecule is C[CH2][Ti]([CH3])[CH3]. The fourth-order valence-electron chi connectivity index (χ4n) is 0. The van der Waals surface area contributed by atoms with Crippen molar-refractivity contribution >= 4 is 0 Å². The molecule has 1 heteroatoms. The quantitative estimate of drug-likeness (QED) is 0.450. The molecule has 0 atom stereocenters. The molecule has 0 unspecified atom stereocenters. The maximum absolute atomic E-state index is 2.39. The molecule has 0 N–H and O–H groups in total. The van der Waals surface area contributed by atoms with Crippen LogP contribution >= 0.6 is 0 Å². The Balaban J connectivity index is 2.54. The second-order valence-corrected chi connectivity index (χ2v) is 6.43. The molecule has 0 aliphatic rings. The van der Waals surface area contributed by atoms with Crippen LogP contribution in [0.5, 0.6) is 0 Å². The van der Waals surface area contributed by atoms with E-state index in [9.17, 15) is 0 Å². The first-order valence-electron chi connectivity index (χ1n) is 2.06. The van der Waals surface area contributed by atoms with E-state index in [4.69, 9.17) is 0 Å². The Morgan fingerprint density at radius 1 is 1.40 bits per heavy atom. The van der Waals surface area contributed by atoms with E-state index >= 15 is 0 Å². The van der Waals surface area contributed by atoms with Gasteiger partial charge in [-0.15, -0.1) is 0 Å². The van der Waals surface area contributed by atoms with Gasteiger partial charge in [0.15, 0.2) is 0 Å². The van der Waals surface area contributed by atoms with Gasteiger partial charge in [-0.05, 0) is 0 Å². The van der Waals surface area contributed by atoms with E-state index in [1.54, 1.807) is 0 Å². The van der Waals surface area contributed by atoms with E-state index in [1.165, 1.54) is 4.73 Å². The molecule has 0 amide bonds. The van der Waals surface area contributed by atoms with Crippen LogP contribution in [-0.2, 0) is 17.9 Å². The van der Waals surface area contributed by atoms with E-state index in [1.807, 2.05) is 0 Å². The van der Waals surface area contributed by atoms with Crippen LogP contribution in [-0.4, -0.2) is 0 Å². The maximum atomic E-state index is 2.39. The van der Waals surface area contributed by atoms with Crippen molar-refractivity contribution in [1.82, 2.24) is 0 Å². The summed E-state index contributed by atoms with van der Waals surface area (Å²) in [5.41, 5.74) is 0. The Morgan fingerprint density at radius 2 is 1.60 bits per heavy atom. The Bertz CT molecular complexity index is 17.6. The van der Waals surface area contributed by atoms with Crippen molar-refractivity contribution in [3.05, 3.63) is 0 Å². The Hall–Kier alpha value is 0.714. The molecule has 0 aromatic carbocycles. The number of hydrogen-bond acceptors (Lipinski definition) is 0. The first kappa shape index (κ1) is 5.71. The molecule has 0 fully saturated rings. The van der Waals surface area contributed by atoms with Gasteiger partial charge < -0.3 is 0 Å². The van der Waals surface area contributed by atoms with Crippen LogP contribution in [0.25, 0.3) is 0 Å². The Morgan fingerprint density at radius 3 is 1.60 bits per heavy atom. The fraction of sp³-hybridized carbons (Fsp3) is 1.00. The third kappa shape index (κ3) is 4.71. The first-order chi connectivity index (χ1) is 2.27. The summed E-state index contributed by atoms with van der Waals surface area (Å²) in [5.74, 6) is 0. The van der Waals surface area contributed by atoms with Gasteiger partial charge in [0, 0.05) is 0 Å². The van der Waals surface area contributed by atoms with E-state index in [-0.39, 0.29) is 17.9 Å². The molecular formula is C4H11Ti. The van der Waals surface area contributed by atoms with Crippen LogP contribution in [0.1, 0.15) is 6.92 Å². The molecule has 0 radical (unpaired) electrons. The van der Waals surface area contributed by atoms with Gasteiger partial charge in [-0.3, -0.25) is 0 Å². The second kappa shape index (κ2) is 2.93. The standard InChI is InChI=1S/C2H5.2CH3.Ti/c1-2;;;/h1H2,2H3;2*1H3;. The van der Waals surface area contributed by atoms with Crippen molar-refractivity contribution in [2.45, 2.75) is 22.1 Å². The summed E-state index contributed by atoms with van der Waals surface area (Å²) in [7, 11) is 0. The fourth-order valence-corrected chi connectivity index (χ4v) is 0. The zero-order valence-corrected chi connectivity index (χ0v) is 5.77. The minimum atomic E-state index is -0.356. The van der Waals surface area contributed by atoms with E-state index < -0.39 is 0 Å². The second-order valence-electron chi connectivity index (χ2n) is 1.56. The summed E-state index contributed by atoms with van der Waals surface area (Å²) >= 11 is -0.356. The molecule has 0 saturated heterocycles. The number of rotatable bonds is 1. The number of hydrogen-bond donors (Lipinski definition) is 0. The molecule has 0 aliphatic heterocycles. The third-order valence-corrected chi connectivity index (χ3v) is 2.92. The Labute approximate surface area is 40.4 Å². The summed E-state index contributed by atoms with van der Waals surface area (Å²) in [6.45, 7) is 2.27. The molecule has 0 nitrogen and oxygen atoms in total. The third-order valence-electron chi connectivity index (χ3n) is 0.707. The average molecular weight is 107 g/mol. The van der Waals surface area contributed by atoms with Crippen molar-refractivity contribution in [2.24, 2.45) is 0 Å². The van der Waals surface area contributed by atoms with Gasteiger partial charge >= 0.3 is 40.0 Å². The summed E-state index contributed by atoms with van der Waals surface area (Å²) in [6, 6.07) is 0. The van der Waals surface area contributed by atoms with Gasteiger partial charge in [-0.2, -0.15) is 0 Å². The van der Waals surface area contributed by atoms with Gasteiger partial charge in [0.1, 0.15) is 0 Å². The molecule has 0 aromatic heterocycles.